The van der Waals surface area contributed by atoms with Gasteiger partial charge in [0.05, 0.1) is 12.5 Å². The molecule has 0 radical (unpaired) electrons. The SMILES string of the molecule is CC.CC(C=O)C1OC2C(O)OC3COC(C(C)C(C)(C)C=O)OC3C2O1. The van der Waals surface area contributed by atoms with Crippen molar-refractivity contribution >= 4 is 12.6 Å². The van der Waals surface area contributed by atoms with Crippen LogP contribution < -0.4 is 0 Å². The second-order valence-corrected chi connectivity index (χ2v) is 7.66. The number of hydrogen-bond donors (Lipinski definition) is 1. The van der Waals surface area contributed by atoms with E-state index in [1.165, 1.54) is 0 Å². The average Bonchev–Trinajstić information content (AvgIpc) is 3.14. The third kappa shape index (κ3) is 4.41. The van der Waals surface area contributed by atoms with E-state index in [4.69, 9.17) is 23.7 Å². The van der Waals surface area contributed by atoms with Crippen molar-refractivity contribution in [3.8, 4) is 0 Å². The van der Waals surface area contributed by atoms with Crippen LogP contribution in [-0.4, -0.2) is 67.6 Å². The quantitative estimate of drug-likeness (QED) is 0.703. The van der Waals surface area contributed by atoms with Crippen molar-refractivity contribution in [2.75, 3.05) is 6.61 Å². The Bertz CT molecular complexity index is 510. The van der Waals surface area contributed by atoms with Crippen LogP contribution >= 0.6 is 0 Å². The van der Waals surface area contributed by atoms with Gasteiger partial charge in [-0.2, -0.15) is 0 Å². The van der Waals surface area contributed by atoms with Gasteiger partial charge in [0, 0.05) is 11.3 Å². The number of fused-ring (bicyclic) bond motifs is 3. The van der Waals surface area contributed by atoms with E-state index in [2.05, 4.69) is 0 Å². The normalized spacial score (nSPS) is 40.6. The van der Waals surface area contributed by atoms with Gasteiger partial charge in [-0.15, -0.1) is 0 Å². The first kappa shape index (κ1) is 22.4. The lowest BCUT2D eigenvalue weighted by atomic mass is 9.80. The minimum absolute atomic E-state index is 0.191. The highest BCUT2D eigenvalue weighted by Gasteiger charge is 2.56. The second-order valence-electron chi connectivity index (χ2n) is 7.66. The van der Waals surface area contributed by atoms with Gasteiger partial charge in [0.1, 0.15) is 37.0 Å². The zero-order chi connectivity index (χ0) is 20.4. The molecule has 0 bridgehead atoms. The van der Waals surface area contributed by atoms with Gasteiger partial charge in [0.25, 0.3) is 0 Å². The Kier molecular flexibility index (Phi) is 7.52. The summed E-state index contributed by atoms with van der Waals surface area (Å²) >= 11 is 0. The van der Waals surface area contributed by atoms with Crippen molar-refractivity contribution in [1.29, 1.82) is 0 Å². The molecule has 0 aliphatic carbocycles. The molecule has 3 aliphatic rings. The third-order valence-corrected chi connectivity index (χ3v) is 5.44. The third-order valence-electron chi connectivity index (χ3n) is 5.44. The number of aliphatic hydroxyl groups is 1. The minimum Gasteiger partial charge on any atom is -0.366 e. The molecule has 27 heavy (non-hydrogen) atoms. The van der Waals surface area contributed by atoms with Crippen LogP contribution in [0.5, 0.6) is 0 Å². The first-order chi connectivity index (χ1) is 12.8. The Morgan fingerprint density at radius 2 is 1.56 bits per heavy atom. The summed E-state index contributed by atoms with van der Waals surface area (Å²) in [7, 11) is 0. The van der Waals surface area contributed by atoms with E-state index in [1.54, 1.807) is 6.92 Å². The first-order valence-electron chi connectivity index (χ1n) is 9.61. The molecule has 0 aromatic rings. The van der Waals surface area contributed by atoms with Gasteiger partial charge in [-0.1, -0.05) is 41.5 Å². The molecular formula is C19H32O8. The van der Waals surface area contributed by atoms with Crippen LogP contribution in [0.4, 0.5) is 0 Å². The number of ether oxygens (including phenoxy) is 5. The van der Waals surface area contributed by atoms with Crippen LogP contribution in [0, 0.1) is 17.3 Å². The molecule has 0 amide bonds. The van der Waals surface area contributed by atoms with Crippen molar-refractivity contribution in [2.45, 2.75) is 84.8 Å². The van der Waals surface area contributed by atoms with E-state index < -0.39 is 54.6 Å². The zero-order valence-electron chi connectivity index (χ0n) is 16.9. The van der Waals surface area contributed by atoms with E-state index in [1.807, 2.05) is 34.6 Å². The lowest BCUT2D eigenvalue weighted by Gasteiger charge is -2.47. The van der Waals surface area contributed by atoms with Gasteiger partial charge in [0.15, 0.2) is 18.9 Å². The van der Waals surface area contributed by atoms with Gasteiger partial charge in [-0.3, -0.25) is 0 Å². The molecule has 3 heterocycles. The fourth-order valence-corrected chi connectivity index (χ4v) is 3.25. The summed E-state index contributed by atoms with van der Waals surface area (Å²) in [5.74, 6) is -0.664. The average molecular weight is 388 g/mol. The Labute approximate surface area is 160 Å². The summed E-state index contributed by atoms with van der Waals surface area (Å²) < 4.78 is 28.8. The van der Waals surface area contributed by atoms with Gasteiger partial charge in [-0.05, 0) is 0 Å². The second kappa shape index (κ2) is 9.07. The fraction of sp³-hybridized carbons (Fsp3) is 0.895. The fourth-order valence-electron chi connectivity index (χ4n) is 3.25. The summed E-state index contributed by atoms with van der Waals surface area (Å²) in [6.45, 7) is 11.4. The molecule has 9 unspecified atom stereocenters. The highest BCUT2D eigenvalue weighted by atomic mass is 16.8. The Balaban J connectivity index is 0.00000126. The number of carbonyl (C=O) groups is 2. The molecule has 3 rings (SSSR count). The number of aldehydes is 2. The molecule has 8 heteroatoms. The number of rotatable bonds is 5. The molecule has 3 saturated heterocycles. The minimum atomic E-state index is -1.18. The predicted molar refractivity (Wildman–Crippen MR) is 94.6 cm³/mol. The van der Waals surface area contributed by atoms with E-state index in [9.17, 15) is 14.7 Å². The van der Waals surface area contributed by atoms with Crippen molar-refractivity contribution in [2.24, 2.45) is 17.3 Å². The smallest absolute Gasteiger partial charge is 0.184 e. The van der Waals surface area contributed by atoms with E-state index in [-0.39, 0.29) is 12.5 Å². The van der Waals surface area contributed by atoms with Crippen LogP contribution in [-0.2, 0) is 33.3 Å². The van der Waals surface area contributed by atoms with Crippen LogP contribution in [0.25, 0.3) is 0 Å². The van der Waals surface area contributed by atoms with Gasteiger partial charge < -0.3 is 38.4 Å². The monoisotopic (exact) mass is 388 g/mol. The molecule has 3 fully saturated rings. The number of hydrogen-bond acceptors (Lipinski definition) is 8. The summed E-state index contributed by atoms with van der Waals surface area (Å²) in [6.07, 6.45) is -3.23. The standard InChI is InChI=1S/C17H26O8.C2H6/c1-8(5-18)15-24-12-11-10(22-14(20)13(12)25-15)6-21-16(23-11)9(2)17(3,4)7-19;1-2/h5,7-16,20H,6H2,1-4H3;1-2H3. The maximum absolute atomic E-state index is 11.3. The van der Waals surface area contributed by atoms with Crippen molar-refractivity contribution in [3.63, 3.8) is 0 Å². The van der Waals surface area contributed by atoms with Crippen LogP contribution in [0.15, 0.2) is 0 Å². The lowest BCUT2D eigenvalue weighted by molar-refractivity contribution is -0.348. The Morgan fingerprint density at radius 3 is 2.15 bits per heavy atom. The summed E-state index contributed by atoms with van der Waals surface area (Å²) in [5, 5.41) is 10.2. The number of carbonyl (C=O) groups excluding carboxylic acids is 2. The van der Waals surface area contributed by atoms with Gasteiger partial charge in [-0.25, -0.2) is 0 Å². The predicted octanol–water partition coefficient (Wildman–Crippen LogP) is 1.28. The molecular weight excluding hydrogens is 356 g/mol. The molecule has 0 aromatic heterocycles. The number of aliphatic hydroxyl groups excluding tert-OH is 1. The molecule has 0 saturated carbocycles. The molecule has 8 nitrogen and oxygen atoms in total. The molecule has 156 valence electrons. The van der Waals surface area contributed by atoms with Crippen molar-refractivity contribution in [3.05, 3.63) is 0 Å². The first-order valence-corrected chi connectivity index (χ1v) is 9.61. The van der Waals surface area contributed by atoms with Crippen LogP contribution in [0.3, 0.4) is 0 Å². The Morgan fingerprint density at radius 1 is 0.963 bits per heavy atom. The zero-order valence-corrected chi connectivity index (χ0v) is 16.9. The summed E-state index contributed by atoms with van der Waals surface area (Å²) in [4.78, 5) is 22.3. The van der Waals surface area contributed by atoms with Crippen LogP contribution in [0.1, 0.15) is 41.5 Å². The van der Waals surface area contributed by atoms with Crippen LogP contribution in [0.2, 0.25) is 0 Å². The summed E-state index contributed by atoms with van der Waals surface area (Å²) in [6, 6.07) is 0. The maximum Gasteiger partial charge on any atom is 0.184 e. The lowest BCUT2D eigenvalue weighted by Crippen LogP contribution is -2.62. The highest BCUT2D eigenvalue weighted by Crippen LogP contribution is 2.40. The Hall–Kier alpha value is -0.900. The van der Waals surface area contributed by atoms with E-state index in [0.717, 1.165) is 12.6 Å². The highest BCUT2D eigenvalue weighted by molar-refractivity contribution is 5.58. The van der Waals surface area contributed by atoms with E-state index >= 15 is 0 Å². The molecule has 0 spiro atoms. The van der Waals surface area contributed by atoms with E-state index in [0.29, 0.717) is 0 Å². The van der Waals surface area contributed by atoms with Crippen molar-refractivity contribution in [1.82, 2.24) is 0 Å². The molecule has 0 aromatic carbocycles. The van der Waals surface area contributed by atoms with Gasteiger partial charge in [0.2, 0.25) is 0 Å². The largest absolute Gasteiger partial charge is 0.366 e. The topological polar surface area (TPSA) is 101 Å². The molecule has 1 N–H and O–H groups in total. The van der Waals surface area contributed by atoms with Crippen molar-refractivity contribution < 1.29 is 38.4 Å². The van der Waals surface area contributed by atoms with Gasteiger partial charge >= 0.3 is 0 Å². The summed E-state index contributed by atoms with van der Waals surface area (Å²) in [5.41, 5.74) is -0.618. The maximum atomic E-state index is 11.3. The molecule has 9 atom stereocenters. The molecule has 3 aliphatic heterocycles.